The molecule has 0 aliphatic rings. The van der Waals surface area contributed by atoms with Crippen LogP contribution in [0.1, 0.15) is 5.56 Å². The van der Waals surface area contributed by atoms with E-state index in [1.807, 2.05) is 32.4 Å². The van der Waals surface area contributed by atoms with Gasteiger partial charge < -0.3 is 9.67 Å². The molecular weight excluding hydrogens is 200 g/mol. The molecule has 0 aliphatic heterocycles. The Balaban J connectivity index is 2.65. The van der Waals surface area contributed by atoms with Crippen molar-refractivity contribution in [2.75, 3.05) is 0 Å². The number of aromatic hydroxyl groups is 1. The Kier molecular flexibility index (Phi) is 1.72. The lowest BCUT2D eigenvalue weighted by molar-refractivity contribution is 0.476. The summed E-state index contributed by atoms with van der Waals surface area (Å²) in [6.45, 7) is 2.05. The van der Waals surface area contributed by atoms with E-state index < -0.39 is 0 Å². The molecule has 2 heterocycles. The first-order chi connectivity index (χ1) is 7.68. The molecule has 16 heavy (non-hydrogen) atoms. The number of phenols is 1. The molecule has 0 radical (unpaired) electrons. The first kappa shape index (κ1) is 9.21. The Bertz CT molecular complexity index is 698. The highest BCUT2D eigenvalue weighted by Gasteiger charge is 2.10. The number of aryl methyl sites for hydroxylation is 2. The number of benzene rings is 1. The van der Waals surface area contributed by atoms with Crippen LogP contribution >= 0.6 is 0 Å². The third-order valence-electron chi connectivity index (χ3n) is 3.07. The summed E-state index contributed by atoms with van der Waals surface area (Å²) < 4.78 is 2.14. The fourth-order valence-electron chi connectivity index (χ4n) is 2.35. The summed E-state index contributed by atoms with van der Waals surface area (Å²) in [6.07, 6.45) is 3.71. The third kappa shape index (κ3) is 1.05. The zero-order valence-corrected chi connectivity index (χ0v) is 9.23. The zero-order valence-electron chi connectivity index (χ0n) is 9.23. The molecule has 3 aromatic rings. The van der Waals surface area contributed by atoms with Crippen molar-refractivity contribution >= 4 is 21.8 Å². The molecule has 0 saturated carbocycles. The standard InChI is InChI=1S/C13H12N2O/c1-8-6-14-7-11-10-5-9(16)3-4-12(10)15(2)13(8)11/h3-7,16H,1-2H3. The Morgan fingerprint density at radius 3 is 2.81 bits per heavy atom. The summed E-state index contributed by atoms with van der Waals surface area (Å²) in [6, 6.07) is 5.44. The number of nitrogens with zero attached hydrogens (tertiary/aromatic N) is 2. The SMILES string of the molecule is Cc1cncc2c3cc(O)ccc3n(C)c12. The van der Waals surface area contributed by atoms with Crippen LogP contribution < -0.4 is 0 Å². The van der Waals surface area contributed by atoms with Crippen molar-refractivity contribution in [2.24, 2.45) is 7.05 Å². The Morgan fingerprint density at radius 2 is 2.00 bits per heavy atom. The normalized spacial score (nSPS) is 11.4. The van der Waals surface area contributed by atoms with E-state index in [1.54, 1.807) is 12.1 Å². The fourth-order valence-corrected chi connectivity index (χ4v) is 2.35. The molecule has 0 fully saturated rings. The van der Waals surface area contributed by atoms with Crippen LogP contribution in [-0.4, -0.2) is 14.7 Å². The van der Waals surface area contributed by atoms with Gasteiger partial charge in [-0.15, -0.1) is 0 Å². The van der Waals surface area contributed by atoms with Gasteiger partial charge in [0.25, 0.3) is 0 Å². The number of rotatable bonds is 0. The minimum absolute atomic E-state index is 0.293. The molecule has 0 spiro atoms. The number of pyridine rings is 1. The molecule has 0 unspecified atom stereocenters. The Hall–Kier alpha value is -2.03. The molecule has 0 atom stereocenters. The predicted molar refractivity (Wildman–Crippen MR) is 64.6 cm³/mol. The maximum absolute atomic E-state index is 9.54. The van der Waals surface area contributed by atoms with E-state index in [4.69, 9.17) is 0 Å². The van der Waals surface area contributed by atoms with Crippen molar-refractivity contribution in [3.8, 4) is 5.75 Å². The first-order valence-electron chi connectivity index (χ1n) is 5.20. The highest BCUT2D eigenvalue weighted by Crippen LogP contribution is 2.31. The fraction of sp³-hybridized carbons (Fsp3) is 0.154. The second kappa shape index (κ2) is 2.98. The number of hydrogen-bond acceptors (Lipinski definition) is 2. The quantitative estimate of drug-likeness (QED) is 0.622. The number of hydrogen-bond donors (Lipinski definition) is 1. The van der Waals surface area contributed by atoms with Gasteiger partial charge in [-0.1, -0.05) is 0 Å². The van der Waals surface area contributed by atoms with Gasteiger partial charge in [0, 0.05) is 35.7 Å². The molecule has 80 valence electrons. The zero-order chi connectivity index (χ0) is 11.3. The van der Waals surface area contributed by atoms with Gasteiger partial charge in [0.05, 0.1) is 5.52 Å². The lowest BCUT2D eigenvalue weighted by Crippen LogP contribution is -1.89. The smallest absolute Gasteiger partial charge is 0.116 e. The molecule has 0 bridgehead atoms. The van der Waals surface area contributed by atoms with Crippen LogP contribution in [0.4, 0.5) is 0 Å². The summed E-state index contributed by atoms with van der Waals surface area (Å²) in [5, 5.41) is 11.7. The van der Waals surface area contributed by atoms with Gasteiger partial charge in [-0.2, -0.15) is 0 Å². The van der Waals surface area contributed by atoms with E-state index in [0.29, 0.717) is 5.75 Å². The van der Waals surface area contributed by atoms with Gasteiger partial charge in [-0.25, -0.2) is 0 Å². The molecule has 0 saturated heterocycles. The van der Waals surface area contributed by atoms with E-state index >= 15 is 0 Å². The molecule has 0 amide bonds. The summed E-state index contributed by atoms with van der Waals surface area (Å²) in [4.78, 5) is 4.21. The molecule has 3 rings (SSSR count). The van der Waals surface area contributed by atoms with Gasteiger partial charge >= 0.3 is 0 Å². The second-order valence-corrected chi connectivity index (χ2v) is 4.11. The average molecular weight is 212 g/mol. The summed E-state index contributed by atoms with van der Waals surface area (Å²) in [5.41, 5.74) is 3.44. The monoisotopic (exact) mass is 212 g/mol. The highest BCUT2D eigenvalue weighted by atomic mass is 16.3. The van der Waals surface area contributed by atoms with Crippen LogP contribution in [0.15, 0.2) is 30.6 Å². The van der Waals surface area contributed by atoms with Crippen LogP contribution in [0.2, 0.25) is 0 Å². The summed E-state index contributed by atoms with van der Waals surface area (Å²) >= 11 is 0. The second-order valence-electron chi connectivity index (χ2n) is 4.11. The largest absolute Gasteiger partial charge is 0.508 e. The maximum Gasteiger partial charge on any atom is 0.116 e. The van der Waals surface area contributed by atoms with Crippen molar-refractivity contribution in [2.45, 2.75) is 6.92 Å². The van der Waals surface area contributed by atoms with Crippen LogP contribution in [0.5, 0.6) is 5.75 Å². The molecular formula is C13H12N2O. The van der Waals surface area contributed by atoms with Crippen LogP contribution in [0.3, 0.4) is 0 Å². The average Bonchev–Trinajstić information content (AvgIpc) is 2.54. The predicted octanol–water partition coefficient (Wildman–Crippen LogP) is 2.74. The molecule has 3 nitrogen and oxygen atoms in total. The molecule has 0 aliphatic carbocycles. The Labute approximate surface area is 93.0 Å². The highest BCUT2D eigenvalue weighted by molar-refractivity contribution is 6.08. The Morgan fingerprint density at radius 1 is 1.19 bits per heavy atom. The van der Waals surface area contributed by atoms with E-state index in [0.717, 1.165) is 21.9 Å². The third-order valence-corrected chi connectivity index (χ3v) is 3.07. The summed E-state index contributed by atoms with van der Waals surface area (Å²) in [7, 11) is 2.04. The lowest BCUT2D eigenvalue weighted by atomic mass is 10.1. The first-order valence-corrected chi connectivity index (χ1v) is 5.20. The number of fused-ring (bicyclic) bond motifs is 3. The van der Waals surface area contributed by atoms with E-state index in [-0.39, 0.29) is 0 Å². The van der Waals surface area contributed by atoms with Crippen molar-refractivity contribution in [3.05, 3.63) is 36.2 Å². The number of phenolic OH excluding ortho intramolecular Hbond substituents is 1. The van der Waals surface area contributed by atoms with Crippen molar-refractivity contribution < 1.29 is 5.11 Å². The lowest BCUT2D eigenvalue weighted by Gasteiger charge is -2.00. The maximum atomic E-state index is 9.54. The van der Waals surface area contributed by atoms with Crippen molar-refractivity contribution in [1.29, 1.82) is 0 Å². The van der Waals surface area contributed by atoms with Crippen LogP contribution in [0.25, 0.3) is 21.8 Å². The van der Waals surface area contributed by atoms with Gasteiger partial charge in [-0.3, -0.25) is 4.98 Å². The van der Waals surface area contributed by atoms with Gasteiger partial charge in [0.1, 0.15) is 5.75 Å². The van der Waals surface area contributed by atoms with Crippen molar-refractivity contribution in [3.63, 3.8) is 0 Å². The molecule has 1 aromatic carbocycles. The van der Waals surface area contributed by atoms with Gasteiger partial charge in [0.15, 0.2) is 0 Å². The molecule has 2 aromatic heterocycles. The van der Waals surface area contributed by atoms with Gasteiger partial charge in [0.2, 0.25) is 0 Å². The topological polar surface area (TPSA) is 38.1 Å². The number of aromatic nitrogens is 2. The van der Waals surface area contributed by atoms with E-state index in [9.17, 15) is 5.11 Å². The summed E-state index contributed by atoms with van der Waals surface area (Å²) in [5.74, 6) is 0.293. The van der Waals surface area contributed by atoms with Gasteiger partial charge in [-0.05, 0) is 30.7 Å². The molecule has 3 heteroatoms. The minimum Gasteiger partial charge on any atom is -0.508 e. The molecule has 1 N–H and O–H groups in total. The van der Waals surface area contributed by atoms with E-state index in [1.165, 1.54) is 5.52 Å². The van der Waals surface area contributed by atoms with Crippen LogP contribution in [-0.2, 0) is 7.05 Å². The minimum atomic E-state index is 0.293. The van der Waals surface area contributed by atoms with Crippen molar-refractivity contribution in [1.82, 2.24) is 9.55 Å². The van der Waals surface area contributed by atoms with Crippen LogP contribution in [0, 0.1) is 6.92 Å². The van der Waals surface area contributed by atoms with E-state index in [2.05, 4.69) is 9.55 Å².